The molecule has 148 valence electrons. The Bertz CT molecular complexity index is 886. The van der Waals surface area contributed by atoms with Crippen molar-refractivity contribution in [2.24, 2.45) is 0 Å². The van der Waals surface area contributed by atoms with E-state index in [0.717, 1.165) is 11.3 Å². The highest BCUT2D eigenvalue weighted by molar-refractivity contribution is 7.20. The quantitative estimate of drug-likeness (QED) is 0.499. The van der Waals surface area contributed by atoms with Crippen molar-refractivity contribution in [3.8, 4) is 0 Å². The summed E-state index contributed by atoms with van der Waals surface area (Å²) in [6.07, 6.45) is 1.03. The Hall–Kier alpha value is -2.26. The third-order valence-corrected chi connectivity index (χ3v) is 5.02. The lowest BCUT2D eigenvalue weighted by Crippen LogP contribution is -2.30. The summed E-state index contributed by atoms with van der Waals surface area (Å²) in [5.41, 5.74) is 0.107. The Balaban J connectivity index is 2.31. The van der Waals surface area contributed by atoms with Crippen molar-refractivity contribution in [1.82, 2.24) is 9.55 Å². The molecule has 0 aliphatic rings. The van der Waals surface area contributed by atoms with Crippen molar-refractivity contribution in [3.63, 3.8) is 0 Å². The van der Waals surface area contributed by atoms with E-state index >= 15 is 0 Å². The first-order chi connectivity index (χ1) is 12.8. The molecule has 9 heteroatoms. The van der Waals surface area contributed by atoms with Crippen LogP contribution < -0.4 is 5.56 Å². The summed E-state index contributed by atoms with van der Waals surface area (Å²) in [5, 5.41) is 0.312. The first kappa shape index (κ1) is 21.0. The summed E-state index contributed by atoms with van der Waals surface area (Å²) in [6, 6.07) is -0.846. The van der Waals surface area contributed by atoms with Gasteiger partial charge in [0.1, 0.15) is 22.4 Å². The van der Waals surface area contributed by atoms with Gasteiger partial charge in [0.15, 0.2) is 0 Å². The van der Waals surface area contributed by atoms with Crippen molar-refractivity contribution >= 4 is 33.5 Å². The molecule has 2 rings (SSSR count). The van der Waals surface area contributed by atoms with Crippen LogP contribution in [0.25, 0.3) is 10.2 Å². The summed E-state index contributed by atoms with van der Waals surface area (Å²) in [4.78, 5) is 42.3. The molecule has 0 spiro atoms. The van der Waals surface area contributed by atoms with E-state index in [1.54, 1.807) is 27.7 Å². The van der Waals surface area contributed by atoms with Crippen LogP contribution in [0.5, 0.6) is 0 Å². The molecule has 0 unspecified atom stereocenters. The fraction of sp³-hybridized carbons (Fsp3) is 0.556. The number of nitrogens with zero attached hydrogens (tertiary/aromatic N) is 2. The van der Waals surface area contributed by atoms with Gasteiger partial charge >= 0.3 is 11.9 Å². The smallest absolute Gasteiger partial charge is 0.348 e. The normalized spacial score (nSPS) is 12.4. The number of fused-ring (bicyclic) bond motifs is 1. The molecule has 1 atom stereocenters. The summed E-state index contributed by atoms with van der Waals surface area (Å²) in [6.45, 7) is 9.54. The van der Waals surface area contributed by atoms with Crippen molar-refractivity contribution in [2.45, 2.75) is 46.8 Å². The Morgan fingerprint density at radius 1 is 1.26 bits per heavy atom. The van der Waals surface area contributed by atoms with E-state index in [0.29, 0.717) is 33.9 Å². The monoisotopic (exact) mass is 396 g/mol. The van der Waals surface area contributed by atoms with Gasteiger partial charge in [-0.1, -0.05) is 0 Å². The average Bonchev–Trinajstić information content (AvgIpc) is 2.95. The zero-order chi connectivity index (χ0) is 20.1. The molecule has 0 saturated heterocycles. The zero-order valence-corrected chi connectivity index (χ0v) is 16.9. The maximum absolute atomic E-state index is 12.9. The molecule has 0 amide bonds. The van der Waals surface area contributed by atoms with E-state index in [4.69, 9.17) is 14.2 Å². The molecule has 0 N–H and O–H groups in total. The molecule has 2 heterocycles. The van der Waals surface area contributed by atoms with Crippen molar-refractivity contribution in [1.29, 1.82) is 0 Å². The van der Waals surface area contributed by atoms with Gasteiger partial charge in [-0.15, -0.1) is 11.3 Å². The number of thiophene rings is 1. The standard InChI is InChI=1S/C18H24N2O6S/c1-6-24-7-8-25-17(22)12(5)20-9-19-15-13(16(20)21)11(4)14(27-15)18(23)26-10(2)3/h9-10,12H,6-8H2,1-5H3/t12-/m1/s1. The van der Waals surface area contributed by atoms with Crippen LogP contribution >= 0.6 is 11.3 Å². The summed E-state index contributed by atoms with van der Waals surface area (Å²) in [7, 11) is 0. The lowest BCUT2D eigenvalue weighted by Gasteiger charge is -2.14. The Labute approximate surface area is 161 Å². The van der Waals surface area contributed by atoms with Gasteiger partial charge in [-0.2, -0.15) is 0 Å². The Morgan fingerprint density at radius 2 is 1.96 bits per heavy atom. The third kappa shape index (κ3) is 4.72. The maximum atomic E-state index is 12.9. The lowest BCUT2D eigenvalue weighted by molar-refractivity contribution is -0.148. The van der Waals surface area contributed by atoms with Gasteiger partial charge in [0.25, 0.3) is 5.56 Å². The van der Waals surface area contributed by atoms with E-state index in [9.17, 15) is 14.4 Å². The summed E-state index contributed by atoms with van der Waals surface area (Å²) >= 11 is 1.10. The van der Waals surface area contributed by atoms with E-state index in [1.807, 2.05) is 6.92 Å². The van der Waals surface area contributed by atoms with Crippen LogP contribution in [-0.2, 0) is 19.0 Å². The predicted molar refractivity (Wildman–Crippen MR) is 101 cm³/mol. The fourth-order valence-corrected chi connectivity index (χ4v) is 3.48. The SMILES string of the molecule is CCOCCOC(=O)[C@@H](C)n1cnc2sc(C(=O)OC(C)C)c(C)c2c1=O. The number of ether oxygens (including phenoxy) is 3. The minimum Gasteiger partial charge on any atom is -0.462 e. The van der Waals surface area contributed by atoms with Gasteiger partial charge in [0.05, 0.1) is 24.4 Å². The van der Waals surface area contributed by atoms with E-state index in [1.165, 1.54) is 10.9 Å². The van der Waals surface area contributed by atoms with Crippen molar-refractivity contribution in [3.05, 3.63) is 27.1 Å². The van der Waals surface area contributed by atoms with Crippen LogP contribution in [0.4, 0.5) is 0 Å². The van der Waals surface area contributed by atoms with Gasteiger partial charge in [0, 0.05) is 6.61 Å². The highest BCUT2D eigenvalue weighted by Crippen LogP contribution is 2.28. The van der Waals surface area contributed by atoms with Crippen LogP contribution in [0, 0.1) is 6.92 Å². The summed E-state index contributed by atoms with van der Waals surface area (Å²) in [5.74, 6) is -1.04. The molecule has 2 aromatic rings. The molecule has 0 saturated carbocycles. The number of hydrogen-bond acceptors (Lipinski definition) is 8. The molecular weight excluding hydrogens is 372 g/mol. The second-order valence-corrected chi connectivity index (χ2v) is 7.19. The first-order valence-corrected chi connectivity index (χ1v) is 9.55. The number of esters is 2. The number of carbonyl (C=O) groups excluding carboxylic acids is 2. The van der Waals surface area contributed by atoms with Gasteiger partial charge in [-0.05, 0) is 40.2 Å². The minimum absolute atomic E-state index is 0.115. The molecule has 0 radical (unpaired) electrons. The van der Waals surface area contributed by atoms with E-state index < -0.39 is 23.5 Å². The molecule has 0 fully saturated rings. The first-order valence-electron chi connectivity index (χ1n) is 8.73. The molecular formula is C18H24N2O6S. The average molecular weight is 396 g/mol. The van der Waals surface area contributed by atoms with Gasteiger partial charge in [-0.3, -0.25) is 9.36 Å². The van der Waals surface area contributed by atoms with Crippen LogP contribution in [0.1, 0.15) is 49.0 Å². The summed E-state index contributed by atoms with van der Waals surface area (Å²) < 4.78 is 16.7. The molecule has 2 aromatic heterocycles. The largest absolute Gasteiger partial charge is 0.462 e. The van der Waals surface area contributed by atoms with Crippen molar-refractivity contribution < 1.29 is 23.8 Å². The highest BCUT2D eigenvalue weighted by Gasteiger charge is 2.24. The Morgan fingerprint density at radius 3 is 2.59 bits per heavy atom. The maximum Gasteiger partial charge on any atom is 0.348 e. The minimum atomic E-state index is -0.846. The van der Waals surface area contributed by atoms with Gasteiger partial charge in [-0.25, -0.2) is 14.6 Å². The van der Waals surface area contributed by atoms with Crippen LogP contribution in [-0.4, -0.2) is 47.4 Å². The fourth-order valence-electron chi connectivity index (χ4n) is 2.46. The zero-order valence-electron chi connectivity index (χ0n) is 16.1. The third-order valence-electron chi connectivity index (χ3n) is 3.84. The molecule has 0 aliphatic carbocycles. The van der Waals surface area contributed by atoms with Gasteiger partial charge in [0.2, 0.25) is 0 Å². The lowest BCUT2D eigenvalue weighted by atomic mass is 10.2. The number of hydrogen-bond donors (Lipinski definition) is 0. The molecule has 0 aliphatic heterocycles. The second-order valence-electron chi connectivity index (χ2n) is 6.19. The van der Waals surface area contributed by atoms with E-state index in [2.05, 4.69) is 4.98 Å². The number of carbonyl (C=O) groups is 2. The molecule has 0 aromatic carbocycles. The number of rotatable bonds is 8. The Kier molecular flexibility index (Phi) is 7.09. The number of aromatic nitrogens is 2. The van der Waals surface area contributed by atoms with Crippen LogP contribution in [0.15, 0.2) is 11.1 Å². The molecule has 0 bridgehead atoms. The van der Waals surface area contributed by atoms with E-state index in [-0.39, 0.29) is 12.7 Å². The van der Waals surface area contributed by atoms with Gasteiger partial charge < -0.3 is 14.2 Å². The highest BCUT2D eigenvalue weighted by atomic mass is 32.1. The number of aryl methyl sites for hydroxylation is 1. The topological polar surface area (TPSA) is 96.7 Å². The second kappa shape index (κ2) is 9.09. The van der Waals surface area contributed by atoms with Crippen LogP contribution in [0.2, 0.25) is 0 Å². The molecule has 27 heavy (non-hydrogen) atoms. The van der Waals surface area contributed by atoms with Crippen LogP contribution in [0.3, 0.4) is 0 Å². The van der Waals surface area contributed by atoms with Crippen molar-refractivity contribution in [2.75, 3.05) is 19.8 Å². The predicted octanol–water partition coefficient (Wildman–Crippen LogP) is 2.47. The molecule has 8 nitrogen and oxygen atoms in total.